The van der Waals surface area contributed by atoms with E-state index in [1.807, 2.05) is 6.92 Å². The number of rotatable bonds is 5. The minimum Gasteiger partial charge on any atom is -0.382 e. The van der Waals surface area contributed by atoms with Crippen LogP contribution >= 0.6 is 0 Å². The summed E-state index contributed by atoms with van der Waals surface area (Å²) < 4.78 is 5.37. The summed E-state index contributed by atoms with van der Waals surface area (Å²) in [4.78, 5) is 0. The van der Waals surface area contributed by atoms with Crippen LogP contribution < -0.4 is 5.73 Å². The Kier molecular flexibility index (Phi) is 5.62. The molecule has 1 fully saturated rings. The van der Waals surface area contributed by atoms with E-state index in [-0.39, 0.29) is 0 Å². The van der Waals surface area contributed by atoms with Crippen LogP contribution in [-0.4, -0.2) is 19.3 Å². The van der Waals surface area contributed by atoms with Crippen molar-refractivity contribution < 1.29 is 4.74 Å². The molecular formula is C13H27NO. The first-order valence-electron chi connectivity index (χ1n) is 6.46. The molecule has 0 aliphatic heterocycles. The molecule has 1 aliphatic carbocycles. The van der Waals surface area contributed by atoms with E-state index in [1.165, 1.54) is 19.3 Å². The van der Waals surface area contributed by atoms with Gasteiger partial charge in [0, 0.05) is 19.3 Å². The predicted octanol–water partition coefficient (Wildman–Crippen LogP) is 2.81. The first-order valence-corrected chi connectivity index (χ1v) is 6.46. The molecule has 0 spiro atoms. The zero-order valence-electron chi connectivity index (χ0n) is 10.5. The molecule has 0 saturated heterocycles. The van der Waals surface area contributed by atoms with Crippen molar-refractivity contribution in [1.82, 2.24) is 0 Å². The maximum absolute atomic E-state index is 6.23. The van der Waals surface area contributed by atoms with Gasteiger partial charge < -0.3 is 10.5 Å². The van der Waals surface area contributed by atoms with Crippen molar-refractivity contribution in [3.8, 4) is 0 Å². The standard InChI is InChI=1S/C13H27NO/c1-4-15-6-5-13(14)12-8-10(2)7-11(3)9-12/h10-13H,4-9,14H2,1-3H3. The van der Waals surface area contributed by atoms with Crippen LogP contribution in [0.15, 0.2) is 0 Å². The average molecular weight is 213 g/mol. The van der Waals surface area contributed by atoms with Crippen LogP contribution in [0, 0.1) is 17.8 Å². The lowest BCUT2D eigenvalue weighted by molar-refractivity contribution is 0.119. The molecule has 0 aromatic carbocycles. The van der Waals surface area contributed by atoms with E-state index in [9.17, 15) is 0 Å². The van der Waals surface area contributed by atoms with Crippen molar-refractivity contribution >= 4 is 0 Å². The van der Waals surface area contributed by atoms with E-state index in [4.69, 9.17) is 10.5 Å². The van der Waals surface area contributed by atoms with Crippen LogP contribution in [0.4, 0.5) is 0 Å². The van der Waals surface area contributed by atoms with Gasteiger partial charge >= 0.3 is 0 Å². The summed E-state index contributed by atoms with van der Waals surface area (Å²) in [6.07, 6.45) is 5.04. The molecule has 2 nitrogen and oxygen atoms in total. The molecule has 0 aromatic rings. The summed E-state index contributed by atoms with van der Waals surface area (Å²) in [5, 5.41) is 0. The fourth-order valence-corrected chi connectivity index (χ4v) is 2.96. The lowest BCUT2D eigenvalue weighted by atomic mass is 9.73. The summed E-state index contributed by atoms with van der Waals surface area (Å²) in [6, 6.07) is 0.349. The van der Waals surface area contributed by atoms with Gasteiger partial charge in [-0.3, -0.25) is 0 Å². The molecular weight excluding hydrogens is 186 g/mol. The zero-order chi connectivity index (χ0) is 11.3. The van der Waals surface area contributed by atoms with E-state index >= 15 is 0 Å². The molecule has 0 aromatic heterocycles. The van der Waals surface area contributed by atoms with Crippen molar-refractivity contribution in [3.63, 3.8) is 0 Å². The summed E-state index contributed by atoms with van der Waals surface area (Å²) in [5.74, 6) is 2.44. The smallest absolute Gasteiger partial charge is 0.0480 e. The summed E-state index contributed by atoms with van der Waals surface area (Å²) >= 11 is 0. The lowest BCUT2D eigenvalue weighted by Gasteiger charge is -2.35. The number of nitrogens with two attached hydrogens (primary N) is 1. The van der Waals surface area contributed by atoms with Gasteiger partial charge in [-0.25, -0.2) is 0 Å². The largest absolute Gasteiger partial charge is 0.382 e. The van der Waals surface area contributed by atoms with Crippen molar-refractivity contribution in [2.45, 2.75) is 52.5 Å². The molecule has 0 bridgehead atoms. The van der Waals surface area contributed by atoms with Crippen LogP contribution in [0.3, 0.4) is 0 Å². The quantitative estimate of drug-likeness (QED) is 0.713. The highest BCUT2D eigenvalue weighted by Gasteiger charge is 2.27. The zero-order valence-corrected chi connectivity index (χ0v) is 10.5. The van der Waals surface area contributed by atoms with E-state index in [1.54, 1.807) is 0 Å². The number of ether oxygens (including phenoxy) is 1. The van der Waals surface area contributed by atoms with E-state index in [0.717, 1.165) is 37.4 Å². The van der Waals surface area contributed by atoms with E-state index < -0.39 is 0 Å². The van der Waals surface area contributed by atoms with Crippen molar-refractivity contribution in [3.05, 3.63) is 0 Å². The van der Waals surface area contributed by atoms with Gasteiger partial charge in [-0.1, -0.05) is 13.8 Å². The third kappa shape index (κ3) is 4.52. The molecule has 3 atom stereocenters. The maximum atomic E-state index is 6.23. The van der Waals surface area contributed by atoms with Gasteiger partial charge in [0.25, 0.3) is 0 Å². The minimum absolute atomic E-state index is 0.349. The Morgan fingerprint density at radius 1 is 1.20 bits per heavy atom. The van der Waals surface area contributed by atoms with E-state index in [0.29, 0.717) is 6.04 Å². The molecule has 0 heterocycles. The maximum Gasteiger partial charge on any atom is 0.0480 e. The normalized spacial score (nSPS) is 34.0. The molecule has 1 rings (SSSR count). The van der Waals surface area contributed by atoms with E-state index in [2.05, 4.69) is 13.8 Å². The Bertz CT molecular complexity index is 162. The molecule has 2 heteroatoms. The predicted molar refractivity (Wildman–Crippen MR) is 64.8 cm³/mol. The highest BCUT2D eigenvalue weighted by Crippen LogP contribution is 2.34. The molecule has 0 amide bonds. The molecule has 3 unspecified atom stereocenters. The third-order valence-corrected chi connectivity index (χ3v) is 3.62. The fourth-order valence-electron chi connectivity index (χ4n) is 2.96. The summed E-state index contributed by atoms with van der Waals surface area (Å²) in [6.45, 7) is 8.40. The number of hydrogen-bond donors (Lipinski definition) is 1. The first kappa shape index (κ1) is 13.0. The van der Waals surface area contributed by atoms with Crippen LogP contribution in [0.5, 0.6) is 0 Å². The van der Waals surface area contributed by atoms with Gasteiger partial charge in [0.1, 0.15) is 0 Å². The van der Waals surface area contributed by atoms with Gasteiger partial charge in [0.15, 0.2) is 0 Å². The lowest BCUT2D eigenvalue weighted by Crippen LogP contribution is -2.36. The second-order valence-corrected chi connectivity index (χ2v) is 5.33. The Morgan fingerprint density at radius 2 is 1.80 bits per heavy atom. The first-order chi connectivity index (χ1) is 7.13. The molecule has 0 radical (unpaired) electrons. The van der Waals surface area contributed by atoms with Crippen molar-refractivity contribution in [2.75, 3.05) is 13.2 Å². The molecule has 1 aliphatic rings. The van der Waals surface area contributed by atoms with Gasteiger partial charge in [-0.15, -0.1) is 0 Å². The van der Waals surface area contributed by atoms with Crippen LogP contribution in [0.1, 0.15) is 46.5 Å². The number of hydrogen-bond acceptors (Lipinski definition) is 2. The highest BCUT2D eigenvalue weighted by molar-refractivity contribution is 4.81. The Hall–Kier alpha value is -0.0800. The summed E-state index contributed by atoms with van der Waals surface area (Å²) in [5.41, 5.74) is 6.23. The van der Waals surface area contributed by atoms with Gasteiger partial charge in [-0.2, -0.15) is 0 Å². The van der Waals surface area contributed by atoms with Gasteiger partial charge in [0.2, 0.25) is 0 Å². The Labute approximate surface area is 94.6 Å². The third-order valence-electron chi connectivity index (χ3n) is 3.62. The minimum atomic E-state index is 0.349. The van der Waals surface area contributed by atoms with Crippen LogP contribution in [0.25, 0.3) is 0 Å². The van der Waals surface area contributed by atoms with Crippen molar-refractivity contribution in [2.24, 2.45) is 23.5 Å². The fraction of sp³-hybridized carbons (Fsp3) is 1.00. The second kappa shape index (κ2) is 6.49. The molecule has 1 saturated carbocycles. The summed E-state index contributed by atoms with van der Waals surface area (Å²) in [7, 11) is 0. The van der Waals surface area contributed by atoms with Crippen LogP contribution in [0.2, 0.25) is 0 Å². The van der Waals surface area contributed by atoms with Gasteiger partial charge in [0.05, 0.1) is 0 Å². The van der Waals surface area contributed by atoms with Gasteiger partial charge in [-0.05, 0) is 50.4 Å². The monoisotopic (exact) mass is 213 g/mol. The average Bonchev–Trinajstić information content (AvgIpc) is 2.16. The van der Waals surface area contributed by atoms with Crippen LogP contribution in [-0.2, 0) is 4.74 Å². The molecule has 15 heavy (non-hydrogen) atoms. The Balaban J connectivity index is 2.28. The topological polar surface area (TPSA) is 35.2 Å². The molecule has 2 N–H and O–H groups in total. The SMILES string of the molecule is CCOCCC(N)C1CC(C)CC(C)C1. The second-order valence-electron chi connectivity index (χ2n) is 5.33. The molecule has 90 valence electrons. The Morgan fingerprint density at radius 3 is 2.33 bits per heavy atom. The van der Waals surface area contributed by atoms with Crippen molar-refractivity contribution in [1.29, 1.82) is 0 Å². The highest BCUT2D eigenvalue weighted by atomic mass is 16.5.